The van der Waals surface area contributed by atoms with E-state index >= 15 is 0 Å². The van der Waals surface area contributed by atoms with Crippen LogP contribution in [-0.4, -0.2) is 31.3 Å². The Morgan fingerprint density at radius 3 is 2.61 bits per heavy atom. The number of aromatic nitrogens is 1. The van der Waals surface area contributed by atoms with Crippen molar-refractivity contribution in [3.05, 3.63) is 23.9 Å². The number of nitrogens with zero attached hydrogens (tertiary/aromatic N) is 1. The zero-order valence-electron chi connectivity index (χ0n) is 10.00. The maximum atomic E-state index is 12.3. The number of rotatable bonds is 6. The molecule has 0 bridgehead atoms. The molecule has 1 aromatic heterocycles. The molecule has 18 heavy (non-hydrogen) atoms. The summed E-state index contributed by atoms with van der Waals surface area (Å²) in [6, 6.07) is 2.22. The second-order valence-electron chi connectivity index (χ2n) is 3.80. The van der Waals surface area contributed by atoms with Crippen LogP contribution in [-0.2, 0) is 10.9 Å². The molecule has 0 spiro atoms. The molecular formula is C11H16F3N3O. The number of nitrogens with one attached hydrogen (secondary N) is 1. The highest BCUT2D eigenvalue weighted by Gasteiger charge is 2.30. The lowest BCUT2D eigenvalue weighted by Gasteiger charge is -2.17. The van der Waals surface area contributed by atoms with E-state index in [0.29, 0.717) is 25.4 Å². The molecule has 1 rings (SSSR count). The quantitative estimate of drug-likeness (QED) is 0.822. The first-order valence-electron chi connectivity index (χ1n) is 5.46. The van der Waals surface area contributed by atoms with Crippen molar-refractivity contribution in [2.45, 2.75) is 18.6 Å². The standard InChI is InChI=1S/C11H16F3N3O/c1-18-7-9(4-5-15)17-10-3-2-8(6-16-10)11(12,13)14/h2-3,6,9H,4-5,7,15H2,1H3,(H,16,17). The van der Waals surface area contributed by atoms with Crippen LogP contribution in [0.25, 0.3) is 0 Å². The zero-order chi connectivity index (χ0) is 13.6. The van der Waals surface area contributed by atoms with Gasteiger partial charge in [-0.1, -0.05) is 0 Å². The summed E-state index contributed by atoms with van der Waals surface area (Å²) in [6.45, 7) is 0.877. The van der Waals surface area contributed by atoms with Crippen LogP contribution in [0.15, 0.2) is 18.3 Å². The Balaban J connectivity index is 2.67. The van der Waals surface area contributed by atoms with E-state index in [9.17, 15) is 13.2 Å². The fraction of sp³-hybridized carbons (Fsp3) is 0.545. The van der Waals surface area contributed by atoms with Crippen LogP contribution in [0, 0.1) is 0 Å². The molecule has 102 valence electrons. The third-order valence-electron chi connectivity index (χ3n) is 2.33. The lowest BCUT2D eigenvalue weighted by molar-refractivity contribution is -0.137. The first kappa shape index (κ1) is 14.7. The van der Waals surface area contributed by atoms with Crippen LogP contribution in [0.2, 0.25) is 0 Å². The molecule has 1 aromatic rings. The number of ether oxygens (including phenoxy) is 1. The second-order valence-corrected chi connectivity index (χ2v) is 3.80. The molecular weight excluding hydrogens is 247 g/mol. The van der Waals surface area contributed by atoms with E-state index in [1.807, 2.05) is 0 Å². The molecule has 0 saturated heterocycles. The van der Waals surface area contributed by atoms with E-state index in [1.54, 1.807) is 7.11 Å². The molecule has 0 radical (unpaired) electrons. The highest BCUT2D eigenvalue weighted by Crippen LogP contribution is 2.28. The van der Waals surface area contributed by atoms with Crippen molar-refractivity contribution in [3.63, 3.8) is 0 Å². The van der Waals surface area contributed by atoms with E-state index in [0.717, 1.165) is 12.3 Å². The van der Waals surface area contributed by atoms with Crippen molar-refractivity contribution < 1.29 is 17.9 Å². The van der Waals surface area contributed by atoms with E-state index in [2.05, 4.69) is 10.3 Å². The molecule has 0 aliphatic rings. The normalized spacial score (nSPS) is 13.4. The summed E-state index contributed by atoms with van der Waals surface area (Å²) in [5.74, 6) is 0.374. The Kier molecular flexibility index (Phi) is 5.36. The van der Waals surface area contributed by atoms with Gasteiger partial charge in [0.25, 0.3) is 0 Å². The Labute approximate surface area is 103 Å². The minimum Gasteiger partial charge on any atom is -0.383 e. The zero-order valence-corrected chi connectivity index (χ0v) is 10.00. The number of hydrogen-bond donors (Lipinski definition) is 2. The Bertz CT molecular complexity index is 348. The molecule has 3 N–H and O–H groups in total. The van der Waals surface area contributed by atoms with E-state index < -0.39 is 11.7 Å². The lowest BCUT2D eigenvalue weighted by Crippen LogP contribution is -2.28. The van der Waals surface area contributed by atoms with Gasteiger partial charge in [0, 0.05) is 13.3 Å². The van der Waals surface area contributed by atoms with Crippen LogP contribution in [0.5, 0.6) is 0 Å². The Morgan fingerprint density at radius 1 is 1.44 bits per heavy atom. The van der Waals surface area contributed by atoms with Gasteiger partial charge in [0.2, 0.25) is 0 Å². The van der Waals surface area contributed by atoms with Crippen LogP contribution >= 0.6 is 0 Å². The van der Waals surface area contributed by atoms with Crippen LogP contribution in [0.1, 0.15) is 12.0 Å². The van der Waals surface area contributed by atoms with Crippen molar-refractivity contribution in [2.24, 2.45) is 5.73 Å². The summed E-state index contributed by atoms with van der Waals surface area (Å²) in [5.41, 5.74) is 4.66. The molecule has 7 heteroatoms. The third-order valence-corrected chi connectivity index (χ3v) is 2.33. The van der Waals surface area contributed by atoms with Gasteiger partial charge in [0.1, 0.15) is 5.82 Å². The van der Waals surface area contributed by atoms with Gasteiger partial charge < -0.3 is 15.8 Å². The molecule has 0 aromatic carbocycles. The first-order valence-corrected chi connectivity index (χ1v) is 5.46. The van der Waals surface area contributed by atoms with Gasteiger partial charge in [0.05, 0.1) is 18.2 Å². The number of hydrogen-bond acceptors (Lipinski definition) is 4. The second kappa shape index (κ2) is 6.55. The van der Waals surface area contributed by atoms with Crippen molar-refractivity contribution in [1.82, 2.24) is 4.98 Å². The highest BCUT2D eigenvalue weighted by molar-refractivity contribution is 5.37. The summed E-state index contributed by atoms with van der Waals surface area (Å²) >= 11 is 0. The van der Waals surface area contributed by atoms with Gasteiger partial charge in [-0.15, -0.1) is 0 Å². The molecule has 1 heterocycles. The van der Waals surface area contributed by atoms with E-state index in [-0.39, 0.29) is 6.04 Å². The Morgan fingerprint density at radius 2 is 2.17 bits per heavy atom. The summed E-state index contributed by atoms with van der Waals surface area (Å²) in [4.78, 5) is 3.72. The maximum absolute atomic E-state index is 12.3. The van der Waals surface area contributed by atoms with Crippen molar-refractivity contribution in [1.29, 1.82) is 0 Å². The molecule has 0 aliphatic heterocycles. The first-order chi connectivity index (χ1) is 8.47. The highest BCUT2D eigenvalue weighted by atomic mass is 19.4. The number of pyridine rings is 1. The van der Waals surface area contributed by atoms with Crippen molar-refractivity contribution >= 4 is 5.82 Å². The maximum Gasteiger partial charge on any atom is 0.417 e. The number of alkyl halides is 3. The number of methoxy groups -OCH3 is 1. The summed E-state index contributed by atoms with van der Waals surface area (Å²) in [6.07, 6.45) is -2.92. The van der Waals surface area contributed by atoms with Crippen molar-refractivity contribution in [3.8, 4) is 0 Å². The predicted octanol–water partition coefficient (Wildman–Crippen LogP) is 1.88. The molecule has 0 aliphatic carbocycles. The van der Waals surface area contributed by atoms with Crippen LogP contribution in [0.3, 0.4) is 0 Å². The molecule has 0 saturated carbocycles. The average Bonchev–Trinajstić information content (AvgIpc) is 2.29. The van der Waals surface area contributed by atoms with Gasteiger partial charge in [-0.3, -0.25) is 0 Å². The summed E-state index contributed by atoms with van der Waals surface area (Å²) < 4.78 is 42.0. The lowest BCUT2D eigenvalue weighted by atomic mass is 10.2. The van der Waals surface area contributed by atoms with E-state index in [4.69, 9.17) is 10.5 Å². The van der Waals surface area contributed by atoms with Gasteiger partial charge >= 0.3 is 6.18 Å². The average molecular weight is 263 g/mol. The third kappa shape index (κ3) is 4.50. The fourth-order valence-corrected chi connectivity index (χ4v) is 1.46. The Hall–Kier alpha value is -1.34. The summed E-state index contributed by atoms with van der Waals surface area (Å²) in [5, 5.41) is 2.98. The van der Waals surface area contributed by atoms with Gasteiger partial charge in [0.15, 0.2) is 0 Å². The topological polar surface area (TPSA) is 60.2 Å². The van der Waals surface area contributed by atoms with Crippen LogP contribution in [0.4, 0.5) is 19.0 Å². The minimum absolute atomic E-state index is 0.0655. The monoisotopic (exact) mass is 263 g/mol. The SMILES string of the molecule is COCC(CCN)Nc1ccc(C(F)(F)F)cn1. The van der Waals surface area contributed by atoms with Gasteiger partial charge in [-0.05, 0) is 25.1 Å². The smallest absolute Gasteiger partial charge is 0.383 e. The molecule has 1 unspecified atom stereocenters. The summed E-state index contributed by atoms with van der Waals surface area (Å²) in [7, 11) is 1.55. The number of anilines is 1. The fourth-order valence-electron chi connectivity index (χ4n) is 1.46. The number of halogens is 3. The van der Waals surface area contributed by atoms with Gasteiger partial charge in [-0.2, -0.15) is 13.2 Å². The van der Waals surface area contributed by atoms with E-state index in [1.165, 1.54) is 6.07 Å². The molecule has 0 fully saturated rings. The number of nitrogens with two attached hydrogens (primary N) is 1. The molecule has 4 nitrogen and oxygen atoms in total. The van der Waals surface area contributed by atoms with Crippen molar-refractivity contribution in [2.75, 3.05) is 25.6 Å². The molecule has 1 atom stereocenters. The van der Waals surface area contributed by atoms with Crippen LogP contribution < -0.4 is 11.1 Å². The van der Waals surface area contributed by atoms with Gasteiger partial charge in [-0.25, -0.2) is 4.98 Å². The largest absolute Gasteiger partial charge is 0.417 e. The predicted molar refractivity (Wildman–Crippen MR) is 62.2 cm³/mol. The molecule has 0 amide bonds. The minimum atomic E-state index is -4.37.